The van der Waals surface area contributed by atoms with Crippen molar-refractivity contribution in [2.24, 2.45) is 0 Å². The first-order valence-electron chi connectivity index (χ1n) is 8.06. The summed E-state index contributed by atoms with van der Waals surface area (Å²) in [7, 11) is -3.27. The average Bonchev–Trinajstić information content (AvgIpc) is 3.07. The van der Waals surface area contributed by atoms with Crippen LogP contribution in [0.4, 0.5) is 4.39 Å². The van der Waals surface area contributed by atoms with Gasteiger partial charge in [-0.2, -0.15) is 5.26 Å². The molecule has 0 saturated heterocycles. The summed E-state index contributed by atoms with van der Waals surface area (Å²) in [5, 5.41) is 8.93. The molecule has 0 fully saturated rings. The Kier molecular flexibility index (Phi) is 5.26. The van der Waals surface area contributed by atoms with E-state index in [1.54, 1.807) is 36.4 Å². The molecule has 0 aliphatic heterocycles. The van der Waals surface area contributed by atoms with Crippen LogP contribution >= 0.6 is 11.3 Å². The Bertz CT molecular complexity index is 1150. The molecule has 27 heavy (non-hydrogen) atoms. The number of sulfone groups is 1. The lowest BCUT2D eigenvalue weighted by Crippen LogP contribution is -1.96. The second-order valence-electron chi connectivity index (χ2n) is 6.11. The maximum absolute atomic E-state index is 13.3. The molecule has 0 amide bonds. The lowest BCUT2D eigenvalue weighted by molar-refractivity contribution is 0.602. The monoisotopic (exact) mass is 397 g/mol. The highest BCUT2D eigenvalue weighted by Crippen LogP contribution is 2.41. The van der Waals surface area contributed by atoms with Crippen LogP contribution < -0.4 is 0 Å². The van der Waals surface area contributed by atoms with E-state index in [1.165, 1.54) is 35.8 Å². The second-order valence-corrected chi connectivity index (χ2v) is 9.18. The molecule has 0 atom stereocenters. The second kappa shape index (κ2) is 7.47. The van der Waals surface area contributed by atoms with Gasteiger partial charge in [-0.25, -0.2) is 12.8 Å². The van der Waals surface area contributed by atoms with Crippen molar-refractivity contribution in [1.82, 2.24) is 0 Å². The highest BCUT2D eigenvalue weighted by Gasteiger charge is 2.15. The summed E-state index contributed by atoms with van der Waals surface area (Å²) in [6, 6.07) is 16.9. The molecule has 0 bridgehead atoms. The zero-order valence-electron chi connectivity index (χ0n) is 14.7. The number of rotatable bonds is 4. The lowest BCUT2D eigenvalue weighted by atomic mass is 10.0. The fourth-order valence-electron chi connectivity index (χ4n) is 2.67. The Labute approximate surface area is 162 Å². The lowest BCUT2D eigenvalue weighted by Gasteiger charge is -2.06. The summed E-state index contributed by atoms with van der Waals surface area (Å²) >= 11 is 1.51. The Morgan fingerprint density at radius 1 is 1.07 bits per heavy atom. The van der Waals surface area contributed by atoms with E-state index in [4.69, 9.17) is 5.26 Å². The molecule has 3 rings (SSSR count). The van der Waals surface area contributed by atoms with Crippen LogP contribution in [-0.2, 0) is 9.84 Å². The molecule has 136 valence electrons. The first-order chi connectivity index (χ1) is 12.8. The molecule has 3 nitrogen and oxygen atoms in total. The third-order valence-corrected chi connectivity index (χ3v) is 6.55. The molecule has 0 spiro atoms. The fourth-order valence-corrected chi connectivity index (χ4v) is 4.45. The molecule has 0 N–H and O–H groups in total. The maximum atomic E-state index is 13.3. The minimum absolute atomic E-state index is 0.255. The molecule has 0 aliphatic carbocycles. The Morgan fingerprint density at radius 3 is 2.22 bits per heavy atom. The summed E-state index contributed by atoms with van der Waals surface area (Å²) in [5.41, 5.74) is 3.46. The first kappa shape index (κ1) is 19.0. The van der Waals surface area contributed by atoms with E-state index in [-0.39, 0.29) is 10.7 Å². The van der Waals surface area contributed by atoms with Crippen molar-refractivity contribution in [3.8, 4) is 27.6 Å². The van der Waals surface area contributed by atoms with Gasteiger partial charge in [0.1, 0.15) is 5.82 Å². The standard InChI is InChI=1S/C21H16FNO2S2/c1-14(11-12-23)20-13-19(15-5-9-18(10-6-15)27(2,24)25)21(26-20)16-3-7-17(22)8-4-16/h3-11,13H,1-2H3/b14-11-. The van der Waals surface area contributed by atoms with Crippen molar-refractivity contribution in [3.05, 3.63) is 71.4 Å². The molecule has 2 aromatic carbocycles. The molecule has 0 saturated carbocycles. The van der Waals surface area contributed by atoms with E-state index in [1.807, 2.05) is 19.1 Å². The Balaban J connectivity index is 2.17. The van der Waals surface area contributed by atoms with Gasteiger partial charge in [0, 0.05) is 27.6 Å². The summed E-state index contributed by atoms with van der Waals surface area (Å²) < 4.78 is 36.7. The topological polar surface area (TPSA) is 57.9 Å². The van der Waals surface area contributed by atoms with Crippen LogP contribution in [0, 0.1) is 17.1 Å². The maximum Gasteiger partial charge on any atom is 0.175 e. The zero-order chi connectivity index (χ0) is 19.6. The molecule has 1 aromatic heterocycles. The van der Waals surface area contributed by atoms with Crippen LogP contribution in [0.2, 0.25) is 0 Å². The summed E-state index contributed by atoms with van der Waals surface area (Å²) in [5.74, 6) is -0.310. The smallest absolute Gasteiger partial charge is 0.175 e. The van der Waals surface area contributed by atoms with Crippen molar-refractivity contribution in [2.75, 3.05) is 6.26 Å². The minimum atomic E-state index is -3.27. The summed E-state index contributed by atoms with van der Waals surface area (Å²) in [6.07, 6.45) is 2.65. The quantitative estimate of drug-likeness (QED) is 0.542. The van der Waals surface area contributed by atoms with E-state index < -0.39 is 9.84 Å². The Morgan fingerprint density at radius 2 is 1.67 bits per heavy atom. The van der Waals surface area contributed by atoms with E-state index in [9.17, 15) is 12.8 Å². The van der Waals surface area contributed by atoms with Crippen molar-refractivity contribution in [3.63, 3.8) is 0 Å². The van der Waals surface area contributed by atoms with Gasteiger partial charge in [0.15, 0.2) is 9.84 Å². The van der Waals surface area contributed by atoms with Crippen molar-refractivity contribution in [1.29, 1.82) is 5.26 Å². The average molecular weight is 397 g/mol. The van der Waals surface area contributed by atoms with Gasteiger partial charge in [-0.3, -0.25) is 0 Å². The molecule has 0 aliphatic rings. The molecule has 0 unspecified atom stereocenters. The predicted octanol–water partition coefficient (Wildman–Crippen LogP) is 5.55. The van der Waals surface area contributed by atoms with Crippen LogP contribution in [0.3, 0.4) is 0 Å². The molecular weight excluding hydrogens is 381 g/mol. The number of thiophene rings is 1. The third kappa shape index (κ3) is 4.16. The number of halogens is 1. The van der Waals surface area contributed by atoms with Crippen LogP contribution in [0.25, 0.3) is 27.1 Å². The highest BCUT2D eigenvalue weighted by molar-refractivity contribution is 7.90. The normalized spacial score (nSPS) is 12.0. The van der Waals surface area contributed by atoms with Gasteiger partial charge in [-0.05, 0) is 54.0 Å². The van der Waals surface area contributed by atoms with Gasteiger partial charge >= 0.3 is 0 Å². The summed E-state index contributed by atoms with van der Waals surface area (Å²) in [4.78, 5) is 2.12. The fraction of sp³-hybridized carbons (Fsp3) is 0.0952. The first-order valence-corrected chi connectivity index (χ1v) is 10.8. The molecule has 0 radical (unpaired) electrons. The van der Waals surface area contributed by atoms with Crippen molar-refractivity contribution >= 4 is 26.7 Å². The Hall–Kier alpha value is -2.75. The van der Waals surface area contributed by atoms with Gasteiger partial charge in [0.2, 0.25) is 0 Å². The van der Waals surface area contributed by atoms with Gasteiger partial charge in [0.25, 0.3) is 0 Å². The van der Waals surface area contributed by atoms with E-state index in [0.717, 1.165) is 32.0 Å². The van der Waals surface area contributed by atoms with Gasteiger partial charge in [0.05, 0.1) is 11.0 Å². The number of benzene rings is 2. The van der Waals surface area contributed by atoms with E-state index in [0.29, 0.717) is 0 Å². The minimum Gasteiger partial charge on any atom is -0.224 e. The van der Waals surface area contributed by atoms with Crippen molar-refractivity contribution < 1.29 is 12.8 Å². The van der Waals surface area contributed by atoms with E-state index >= 15 is 0 Å². The van der Waals surface area contributed by atoms with Gasteiger partial charge in [-0.1, -0.05) is 24.3 Å². The van der Waals surface area contributed by atoms with Crippen molar-refractivity contribution in [2.45, 2.75) is 11.8 Å². The molecule has 1 heterocycles. The van der Waals surface area contributed by atoms with Crippen LogP contribution in [0.15, 0.2) is 65.6 Å². The number of hydrogen-bond acceptors (Lipinski definition) is 4. The SMILES string of the molecule is C/C(=C/C#N)c1cc(-c2ccc(S(C)(=O)=O)cc2)c(-c2ccc(F)cc2)s1. The van der Waals surface area contributed by atoms with Crippen LogP contribution in [0.1, 0.15) is 11.8 Å². The van der Waals surface area contributed by atoms with Gasteiger partial charge < -0.3 is 0 Å². The third-order valence-electron chi connectivity index (χ3n) is 4.10. The predicted molar refractivity (Wildman–Crippen MR) is 108 cm³/mol. The zero-order valence-corrected chi connectivity index (χ0v) is 16.4. The largest absolute Gasteiger partial charge is 0.224 e. The molecule has 3 aromatic rings. The highest BCUT2D eigenvalue weighted by atomic mass is 32.2. The number of nitriles is 1. The van der Waals surface area contributed by atoms with Gasteiger partial charge in [-0.15, -0.1) is 11.3 Å². The van der Waals surface area contributed by atoms with E-state index in [2.05, 4.69) is 0 Å². The molecular formula is C21H16FNO2S2. The van der Waals surface area contributed by atoms with Crippen LogP contribution in [0.5, 0.6) is 0 Å². The number of nitrogens with zero attached hydrogens (tertiary/aromatic N) is 1. The van der Waals surface area contributed by atoms with Crippen LogP contribution in [-0.4, -0.2) is 14.7 Å². The number of hydrogen-bond donors (Lipinski definition) is 0. The molecule has 6 heteroatoms. The summed E-state index contributed by atoms with van der Waals surface area (Å²) in [6.45, 7) is 1.86. The number of allylic oxidation sites excluding steroid dienone is 2.